The fourth-order valence-corrected chi connectivity index (χ4v) is 10.9. The number of benzene rings is 2. The maximum absolute atomic E-state index is 17.5. The number of nitrogen functional groups attached to an aromatic ring is 1. The minimum atomic E-state index is -0.967. The van der Waals surface area contributed by atoms with E-state index < -0.39 is 23.3 Å². The number of anilines is 2. The molecule has 11 nitrogen and oxygen atoms in total. The van der Waals surface area contributed by atoms with Crippen molar-refractivity contribution in [2.75, 3.05) is 43.5 Å². The van der Waals surface area contributed by atoms with Gasteiger partial charge in [-0.25, -0.2) is 13.2 Å². The molecule has 4 saturated heterocycles. The number of aromatic nitrogens is 2. The molecule has 2 unspecified atom stereocenters. The van der Waals surface area contributed by atoms with Crippen LogP contribution in [0.5, 0.6) is 11.8 Å². The molecule has 282 valence electrons. The molecule has 2 aromatic carbocycles. The van der Waals surface area contributed by atoms with Crippen molar-refractivity contribution in [3.63, 3.8) is 0 Å². The first-order valence-electron chi connectivity index (χ1n) is 18.8. The number of carbonyl (C=O) groups excluding carboxylic acids is 1. The van der Waals surface area contributed by atoms with Crippen molar-refractivity contribution < 1.29 is 27.4 Å². The molecule has 16 heteroatoms. The number of piperidine rings is 1. The molecule has 54 heavy (non-hydrogen) atoms. The first kappa shape index (κ1) is 34.4. The average molecular weight is 779 g/mol. The second-order valence-corrected chi connectivity index (χ2v) is 17.2. The number of carbonyl (C=O) groups is 1. The molecule has 1 aliphatic carbocycles. The lowest BCUT2D eigenvalue weighted by molar-refractivity contribution is -0.121. The number of hydrogen-bond donors (Lipinski definition) is 3. The molecule has 1 amide bonds. The lowest BCUT2D eigenvalue weighted by atomic mass is 9.93. The Morgan fingerprint density at radius 2 is 2.06 bits per heavy atom. The van der Waals surface area contributed by atoms with Gasteiger partial charge in [-0.3, -0.25) is 15.0 Å². The molecule has 0 radical (unpaired) electrons. The first-order chi connectivity index (χ1) is 26.1. The van der Waals surface area contributed by atoms with Crippen molar-refractivity contribution in [1.82, 2.24) is 25.5 Å². The highest BCUT2D eigenvalue weighted by molar-refractivity contribution is 7.23. The Morgan fingerprint density at radius 1 is 1.20 bits per heavy atom. The van der Waals surface area contributed by atoms with E-state index in [1.165, 1.54) is 12.1 Å². The van der Waals surface area contributed by atoms with Crippen molar-refractivity contribution in [3.05, 3.63) is 34.4 Å². The van der Waals surface area contributed by atoms with E-state index in [0.717, 1.165) is 56.4 Å². The molecule has 4 aromatic rings. The van der Waals surface area contributed by atoms with E-state index in [0.29, 0.717) is 37.7 Å². The third-order valence-electron chi connectivity index (χ3n) is 12.4. The van der Waals surface area contributed by atoms with Crippen LogP contribution in [0.3, 0.4) is 0 Å². The molecular weight excluding hydrogens is 741 g/mol. The summed E-state index contributed by atoms with van der Waals surface area (Å²) in [6, 6.07) is 4.36. The number of amides is 1. The van der Waals surface area contributed by atoms with E-state index in [2.05, 4.69) is 25.4 Å². The number of rotatable bonds is 7. The number of hydrogen-bond acceptors (Lipinski definition) is 11. The predicted octanol–water partition coefficient (Wildman–Crippen LogP) is 5.84. The maximum Gasteiger partial charge on any atom is 0.319 e. The van der Waals surface area contributed by atoms with Crippen molar-refractivity contribution in [2.45, 2.75) is 87.2 Å². The van der Waals surface area contributed by atoms with Gasteiger partial charge in [0.05, 0.1) is 32.8 Å². The van der Waals surface area contributed by atoms with Gasteiger partial charge >= 0.3 is 6.01 Å². The second kappa shape index (κ2) is 12.7. The highest BCUT2D eigenvalue weighted by atomic mass is 35.5. The summed E-state index contributed by atoms with van der Waals surface area (Å²) in [7, 11) is 0. The van der Waals surface area contributed by atoms with E-state index in [4.69, 9.17) is 31.8 Å². The SMILES string of the molecule is N#Cc1c(N)sc2c(F)ccc(-c3c(Cl)c4c5c(nc(OC[C@@]67CCCN6C[C@H](F)C7)nc5c3F)N3CC(NC(=O)[C@@H]5N[C@H]5C5CC5)CCC3CCO4)c12. The molecule has 1 saturated carbocycles. The third-order valence-corrected chi connectivity index (χ3v) is 13.8. The summed E-state index contributed by atoms with van der Waals surface area (Å²) in [6.45, 7) is 1.90. The van der Waals surface area contributed by atoms with Crippen molar-refractivity contribution >= 4 is 60.7 Å². The smallest absolute Gasteiger partial charge is 0.319 e. The third kappa shape index (κ3) is 5.46. The van der Waals surface area contributed by atoms with Crippen LogP contribution in [0.2, 0.25) is 5.02 Å². The van der Waals surface area contributed by atoms with Gasteiger partial charge < -0.3 is 25.4 Å². The maximum atomic E-state index is 17.5. The molecule has 2 aromatic heterocycles. The Hall–Kier alpha value is -4.10. The highest BCUT2D eigenvalue weighted by Crippen LogP contribution is 2.51. The van der Waals surface area contributed by atoms with E-state index in [-0.39, 0.29) is 103 Å². The minimum absolute atomic E-state index is 0.0127. The fraction of sp³-hybridized carbons (Fsp3) is 0.526. The molecule has 6 atom stereocenters. The Morgan fingerprint density at radius 3 is 2.87 bits per heavy atom. The summed E-state index contributed by atoms with van der Waals surface area (Å²) in [5.41, 5.74) is 5.58. The van der Waals surface area contributed by atoms with Crippen molar-refractivity contribution in [2.24, 2.45) is 5.92 Å². The number of nitrogens with two attached hydrogens (primary N) is 1. The Labute approximate surface area is 317 Å². The zero-order valence-corrected chi connectivity index (χ0v) is 30.8. The predicted molar refractivity (Wildman–Crippen MR) is 199 cm³/mol. The van der Waals surface area contributed by atoms with Gasteiger partial charge in [0.25, 0.3) is 0 Å². The topological polar surface area (TPSA) is 152 Å². The lowest BCUT2D eigenvalue weighted by Crippen LogP contribution is -2.54. The van der Waals surface area contributed by atoms with Crippen LogP contribution in [0.4, 0.5) is 24.0 Å². The standard InChI is InChI=1S/C38H38ClF3N8O3S/c39-27-25(21-6-7-23(41)33-24(21)22(13-43)34(44)54-33)28(42)30-26-32(27)52-11-8-20-5-4-19(45-36(51)31-29(46-31)17-2-3-17)15-50(20)35(26)48-37(47-30)53-16-38-9-1-10-49(38)14-18(40)12-38/h6-7,17-20,29,31,46H,1-5,8-12,14-16,44H2,(H,45,51)/t18-,19?,20?,29+,31-,38+/m1/s1. The van der Waals surface area contributed by atoms with E-state index >= 15 is 8.78 Å². The summed E-state index contributed by atoms with van der Waals surface area (Å²) in [5, 5.41) is 17.0. The Kier molecular flexibility index (Phi) is 8.10. The molecule has 5 aliphatic heterocycles. The van der Waals surface area contributed by atoms with Gasteiger partial charge in [-0.1, -0.05) is 17.7 Å². The molecule has 5 fully saturated rings. The van der Waals surface area contributed by atoms with Gasteiger partial charge in [0, 0.05) is 55.0 Å². The molecular formula is C38H38ClF3N8O3S. The van der Waals surface area contributed by atoms with Crippen LogP contribution in [0.1, 0.15) is 56.9 Å². The number of ether oxygens (including phenoxy) is 2. The number of halogens is 4. The Bertz CT molecular complexity index is 2280. The van der Waals surface area contributed by atoms with Crippen LogP contribution in [0, 0.1) is 28.9 Å². The molecule has 6 aliphatic rings. The molecule has 4 N–H and O–H groups in total. The number of nitrogens with one attached hydrogen (secondary N) is 2. The van der Waals surface area contributed by atoms with Gasteiger partial charge in [-0.2, -0.15) is 15.2 Å². The van der Waals surface area contributed by atoms with Crippen LogP contribution in [0.15, 0.2) is 12.1 Å². The van der Waals surface area contributed by atoms with Crippen LogP contribution < -0.4 is 30.7 Å². The van der Waals surface area contributed by atoms with Gasteiger partial charge in [-0.05, 0) is 62.6 Å². The van der Waals surface area contributed by atoms with Gasteiger partial charge in [-0.15, -0.1) is 11.3 Å². The second-order valence-electron chi connectivity index (χ2n) is 15.7. The highest BCUT2D eigenvalue weighted by Gasteiger charge is 2.52. The van der Waals surface area contributed by atoms with Crippen molar-refractivity contribution in [1.29, 1.82) is 5.26 Å². The van der Waals surface area contributed by atoms with Crippen LogP contribution in [0.25, 0.3) is 32.1 Å². The van der Waals surface area contributed by atoms with Crippen LogP contribution in [-0.4, -0.2) is 89.5 Å². The lowest BCUT2D eigenvalue weighted by Gasteiger charge is -2.42. The monoisotopic (exact) mass is 778 g/mol. The minimum Gasteiger partial charge on any atom is -0.491 e. The largest absolute Gasteiger partial charge is 0.491 e. The van der Waals surface area contributed by atoms with E-state index in [1.807, 2.05) is 6.07 Å². The number of alkyl halides is 1. The summed E-state index contributed by atoms with van der Waals surface area (Å²) in [6.07, 6.45) is 5.41. The number of nitrogens with zero attached hydrogens (tertiary/aromatic N) is 5. The quantitative estimate of drug-likeness (QED) is 0.195. The summed E-state index contributed by atoms with van der Waals surface area (Å²) < 4.78 is 60.1. The number of nitriles is 1. The summed E-state index contributed by atoms with van der Waals surface area (Å²) >= 11 is 8.05. The van der Waals surface area contributed by atoms with Crippen LogP contribution in [-0.2, 0) is 4.79 Å². The summed E-state index contributed by atoms with van der Waals surface area (Å²) in [5.74, 6) is -0.353. The fourth-order valence-electron chi connectivity index (χ4n) is 9.58. The van der Waals surface area contributed by atoms with Gasteiger partial charge in [0.2, 0.25) is 5.91 Å². The van der Waals surface area contributed by atoms with E-state index in [9.17, 15) is 14.4 Å². The van der Waals surface area contributed by atoms with E-state index in [1.54, 1.807) is 0 Å². The zero-order valence-electron chi connectivity index (χ0n) is 29.3. The van der Waals surface area contributed by atoms with Crippen molar-refractivity contribution in [3.8, 4) is 29.0 Å². The van der Waals surface area contributed by atoms with Gasteiger partial charge in [0.1, 0.15) is 47.0 Å². The molecule has 0 bridgehead atoms. The van der Waals surface area contributed by atoms with Gasteiger partial charge in [0.15, 0.2) is 11.6 Å². The zero-order chi connectivity index (χ0) is 37.0. The first-order valence-corrected chi connectivity index (χ1v) is 19.9. The summed E-state index contributed by atoms with van der Waals surface area (Å²) in [4.78, 5) is 27.1. The number of fused-ring (bicyclic) bond motifs is 4. The molecule has 0 spiro atoms. The average Bonchev–Trinajstić information content (AvgIpc) is 4.05. The van der Waals surface area contributed by atoms with Crippen LogP contribution >= 0.6 is 22.9 Å². The normalized spacial score (nSPS) is 28.9. The molecule has 10 rings (SSSR count). The molecule has 7 heterocycles. The Balaban J connectivity index is 1.11. The number of thiophene rings is 1.